The van der Waals surface area contributed by atoms with Gasteiger partial charge < -0.3 is 10.2 Å². The van der Waals surface area contributed by atoms with Gasteiger partial charge in [-0.1, -0.05) is 13.8 Å². The van der Waals surface area contributed by atoms with Crippen LogP contribution in [0, 0.1) is 11.8 Å². The smallest absolute Gasteiger partial charge is 0.193 e. The van der Waals surface area contributed by atoms with Crippen LogP contribution in [0.1, 0.15) is 26.7 Å². The van der Waals surface area contributed by atoms with Crippen molar-refractivity contribution in [1.82, 2.24) is 10.2 Å². The molecule has 0 radical (unpaired) electrons. The van der Waals surface area contributed by atoms with Crippen LogP contribution >= 0.6 is 35.7 Å². The van der Waals surface area contributed by atoms with E-state index in [1.165, 1.54) is 18.6 Å². The highest BCUT2D eigenvalue weighted by atomic mass is 127. The fourth-order valence-corrected chi connectivity index (χ4v) is 3.02. The lowest BCUT2D eigenvalue weighted by Gasteiger charge is -2.37. The molecule has 108 valence electrons. The highest BCUT2D eigenvalue weighted by Gasteiger charge is 2.23. The van der Waals surface area contributed by atoms with Crippen molar-refractivity contribution in [3.8, 4) is 0 Å². The van der Waals surface area contributed by atoms with Gasteiger partial charge in [-0.25, -0.2) is 0 Å². The van der Waals surface area contributed by atoms with E-state index in [0.717, 1.165) is 37.4 Å². The Morgan fingerprint density at radius 2 is 1.94 bits per heavy atom. The maximum atomic E-state index is 4.40. The van der Waals surface area contributed by atoms with E-state index >= 15 is 0 Å². The van der Waals surface area contributed by atoms with Crippen molar-refractivity contribution in [2.75, 3.05) is 38.7 Å². The summed E-state index contributed by atoms with van der Waals surface area (Å²) in [5, 5.41) is 3.48. The number of hydrogen-bond acceptors (Lipinski definition) is 2. The third kappa shape index (κ3) is 6.50. The maximum Gasteiger partial charge on any atom is 0.193 e. The summed E-state index contributed by atoms with van der Waals surface area (Å²) >= 11 is 1.90. The predicted octanol–water partition coefficient (Wildman–Crippen LogP) is 2.91. The normalized spacial score (nSPS) is 24.7. The number of guanidine groups is 1. The van der Waals surface area contributed by atoms with Crippen molar-refractivity contribution in [3.63, 3.8) is 0 Å². The van der Waals surface area contributed by atoms with Gasteiger partial charge in [-0.2, -0.15) is 11.8 Å². The molecule has 0 aliphatic carbocycles. The van der Waals surface area contributed by atoms with E-state index in [0.29, 0.717) is 0 Å². The number of likely N-dealkylation sites (tertiary alicyclic amines) is 1. The third-order valence-electron chi connectivity index (χ3n) is 3.19. The summed E-state index contributed by atoms with van der Waals surface area (Å²) in [5.41, 5.74) is 0. The molecule has 1 aliphatic rings. The van der Waals surface area contributed by atoms with E-state index in [1.807, 2.05) is 18.8 Å². The molecule has 0 spiro atoms. The Morgan fingerprint density at radius 1 is 1.33 bits per heavy atom. The van der Waals surface area contributed by atoms with E-state index in [9.17, 15) is 0 Å². The van der Waals surface area contributed by atoms with Crippen LogP contribution in [0.5, 0.6) is 0 Å². The number of piperidine rings is 1. The van der Waals surface area contributed by atoms with Crippen molar-refractivity contribution in [2.24, 2.45) is 16.8 Å². The van der Waals surface area contributed by atoms with Gasteiger partial charge in [-0.15, -0.1) is 24.0 Å². The highest BCUT2D eigenvalue weighted by Crippen LogP contribution is 2.20. The van der Waals surface area contributed by atoms with Gasteiger partial charge in [0.05, 0.1) is 0 Å². The van der Waals surface area contributed by atoms with E-state index < -0.39 is 0 Å². The van der Waals surface area contributed by atoms with Gasteiger partial charge in [-0.3, -0.25) is 4.99 Å². The maximum absolute atomic E-state index is 4.40. The number of hydrogen-bond donors (Lipinski definition) is 1. The van der Waals surface area contributed by atoms with Crippen molar-refractivity contribution in [3.05, 3.63) is 0 Å². The van der Waals surface area contributed by atoms with Crippen LogP contribution in [0.25, 0.3) is 0 Å². The molecule has 5 heteroatoms. The van der Waals surface area contributed by atoms with Crippen molar-refractivity contribution in [2.45, 2.75) is 26.7 Å². The molecule has 0 aromatic rings. The number of thioether (sulfide) groups is 1. The number of halogens is 1. The molecule has 0 bridgehead atoms. The Bertz CT molecular complexity index is 238. The Balaban J connectivity index is 0.00000289. The topological polar surface area (TPSA) is 27.6 Å². The lowest BCUT2D eigenvalue weighted by atomic mass is 9.92. The largest absolute Gasteiger partial charge is 0.356 e. The van der Waals surface area contributed by atoms with Gasteiger partial charge >= 0.3 is 0 Å². The summed E-state index contributed by atoms with van der Waals surface area (Å²) in [6, 6.07) is 0. The van der Waals surface area contributed by atoms with Gasteiger partial charge in [0.25, 0.3) is 0 Å². The molecule has 1 aliphatic heterocycles. The van der Waals surface area contributed by atoms with Crippen LogP contribution in [0.2, 0.25) is 0 Å². The molecule has 0 aromatic heterocycles. The molecule has 2 unspecified atom stereocenters. The Hall–Kier alpha value is 0.350. The average Bonchev–Trinajstić information content (AvgIpc) is 2.28. The zero-order valence-electron chi connectivity index (χ0n) is 12.1. The summed E-state index contributed by atoms with van der Waals surface area (Å²) in [5.74, 6) is 3.87. The second-order valence-electron chi connectivity index (χ2n) is 5.17. The number of aliphatic imine (C=N–C) groups is 1. The van der Waals surface area contributed by atoms with Gasteiger partial charge in [-0.05, 0) is 36.7 Å². The minimum atomic E-state index is 0. The summed E-state index contributed by atoms with van der Waals surface area (Å²) in [6.45, 7) is 8.00. The summed E-state index contributed by atoms with van der Waals surface area (Å²) in [7, 11) is 1.89. The van der Waals surface area contributed by atoms with Crippen LogP contribution in [-0.4, -0.2) is 49.6 Å². The third-order valence-corrected chi connectivity index (χ3v) is 3.89. The zero-order valence-corrected chi connectivity index (χ0v) is 15.3. The first-order valence-electron chi connectivity index (χ1n) is 6.62. The molecule has 1 saturated heterocycles. The van der Waals surface area contributed by atoms with Gasteiger partial charge in [0.15, 0.2) is 5.96 Å². The first-order valence-corrected chi connectivity index (χ1v) is 8.01. The van der Waals surface area contributed by atoms with Gasteiger partial charge in [0, 0.05) is 26.7 Å². The molecule has 1 heterocycles. The van der Waals surface area contributed by atoms with Crippen molar-refractivity contribution in [1.29, 1.82) is 0 Å². The first kappa shape index (κ1) is 18.4. The minimum absolute atomic E-state index is 0. The lowest BCUT2D eigenvalue weighted by Crippen LogP contribution is -2.48. The molecule has 1 N–H and O–H groups in total. The minimum Gasteiger partial charge on any atom is -0.356 e. The van der Waals surface area contributed by atoms with Gasteiger partial charge in [0.1, 0.15) is 0 Å². The van der Waals surface area contributed by atoms with E-state index in [2.05, 4.69) is 35.3 Å². The molecule has 3 nitrogen and oxygen atoms in total. The molecule has 0 amide bonds. The monoisotopic (exact) mass is 385 g/mol. The molecule has 0 aromatic carbocycles. The molecule has 1 fully saturated rings. The number of nitrogens with one attached hydrogen (secondary N) is 1. The average molecular weight is 385 g/mol. The quantitative estimate of drug-likeness (QED) is 0.349. The Morgan fingerprint density at radius 3 is 2.44 bits per heavy atom. The van der Waals surface area contributed by atoms with Crippen molar-refractivity contribution >= 4 is 41.7 Å². The number of rotatable bonds is 4. The summed E-state index contributed by atoms with van der Waals surface area (Å²) in [6.07, 6.45) is 4.71. The molecular formula is C13H28IN3S. The number of nitrogens with zero attached hydrogens (tertiary/aromatic N) is 2. The van der Waals surface area contributed by atoms with E-state index in [1.54, 1.807) is 0 Å². The fourth-order valence-electron chi connectivity index (χ4n) is 2.58. The second-order valence-corrected chi connectivity index (χ2v) is 6.16. The van der Waals surface area contributed by atoms with Crippen LogP contribution in [0.4, 0.5) is 0 Å². The van der Waals surface area contributed by atoms with Crippen molar-refractivity contribution < 1.29 is 0 Å². The molecule has 2 atom stereocenters. The Labute approximate surface area is 134 Å². The fraction of sp³-hybridized carbons (Fsp3) is 0.923. The lowest BCUT2D eigenvalue weighted by molar-refractivity contribution is 0.208. The van der Waals surface area contributed by atoms with Crippen LogP contribution in [0.3, 0.4) is 0 Å². The second kappa shape index (κ2) is 10.2. The standard InChI is InChI=1S/C13H27N3S.HI/c1-11-8-12(2)10-16(9-11)13(14-3)15-6-5-7-17-4;/h11-12H,5-10H2,1-4H3,(H,14,15);1H. The molecule has 0 saturated carbocycles. The molecular weight excluding hydrogens is 357 g/mol. The summed E-state index contributed by atoms with van der Waals surface area (Å²) < 4.78 is 0. The van der Waals surface area contributed by atoms with E-state index in [-0.39, 0.29) is 24.0 Å². The highest BCUT2D eigenvalue weighted by molar-refractivity contribution is 14.0. The van der Waals surface area contributed by atoms with Crippen LogP contribution in [-0.2, 0) is 0 Å². The summed E-state index contributed by atoms with van der Waals surface area (Å²) in [4.78, 5) is 6.82. The molecule has 18 heavy (non-hydrogen) atoms. The predicted molar refractivity (Wildman–Crippen MR) is 94.3 cm³/mol. The van der Waals surface area contributed by atoms with Gasteiger partial charge in [0.2, 0.25) is 0 Å². The molecule has 1 rings (SSSR count). The first-order chi connectivity index (χ1) is 8.17. The SMILES string of the molecule is CN=C(NCCCSC)N1CC(C)CC(C)C1.I. The van der Waals surface area contributed by atoms with E-state index in [4.69, 9.17) is 0 Å². The van der Waals surface area contributed by atoms with Crippen LogP contribution < -0.4 is 5.32 Å². The Kier molecular flexibility index (Phi) is 10.4. The zero-order chi connectivity index (χ0) is 12.7. The van der Waals surface area contributed by atoms with Crippen LogP contribution in [0.15, 0.2) is 4.99 Å².